The lowest BCUT2D eigenvalue weighted by Crippen LogP contribution is -2.42. The number of hydrogen-bond acceptors (Lipinski definition) is 2. The maximum Gasteiger partial charge on any atom is 0.225 e. The first kappa shape index (κ1) is 13.7. The van der Waals surface area contributed by atoms with E-state index in [4.69, 9.17) is 0 Å². The first-order valence-corrected chi connectivity index (χ1v) is 6.95. The largest absolute Gasteiger partial charge is 0.347 e. The van der Waals surface area contributed by atoms with Crippen LogP contribution in [0, 0.1) is 5.82 Å². The fourth-order valence-electron chi connectivity index (χ4n) is 2.00. The maximum atomic E-state index is 13.8. The molecular weight excluding hydrogens is 261 g/mol. The van der Waals surface area contributed by atoms with Crippen LogP contribution in [0.1, 0.15) is 24.3 Å². The Morgan fingerprint density at radius 2 is 2.00 bits per heavy atom. The minimum Gasteiger partial charge on any atom is -0.347 e. The number of amides is 1. The monoisotopic (exact) mass is 277 g/mol. The molecule has 1 amide bonds. The lowest BCUT2D eigenvalue weighted by molar-refractivity contribution is -0.122. The number of hydrogen-bond donors (Lipinski definition) is 1. The van der Waals surface area contributed by atoms with Crippen molar-refractivity contribution in [1.82, 2.24) is 5.32 Å². The zero-order valence-corrected chi connectivity index (χ0v) is 11.8. The number of thiophene rings is 1. The van der Waals surface area contributed by atoms with Crippen LogP contribution in [0.2, 0.25) is 0 Å². The molecule has 0 aliphatic heterocycles. The highest BCUT2D eigenvalue weighted by atomic mass is 32.1. The summed E-state index contributed by atoms with van der Waals surface area (Å²) in [6, 6.07) is 10.3. The molecule has 0 atom stereocenters. The molecule has 100 valence electrons. The van der Waals surface area contributed by atoms with Crippen LogP contribution in [-0.2, 0) is 16.8 Å². The molecule has 1 aromatic heterocycles. The average Bonchev–Trinajstić information content (AvgIpc) is 2.81. The van der Waals surface area contributed by atoms with Gasteiger partial charge in [-0.3, -0.25) is 4.79 Å². The minimum atomic E-state index is -0.723. The summed E-state index contributed by atoms with van der Waals surface area (Å²) in [6.45, 7) is 3.61. The Morgan fingerprint density at radius 3 is 2.63 bits per heavy atom. The highest BCUT2D eigenvalue weighted by Gasteiger charge is 2.25. The standard InChI is InChI=1S/C15H16FNOS/c1-15(2,12-7-3-4-8-13(12)16)17-14(18)10-11-6-5-9-19-11/h3-9H,10H2,1-2H3,(H,17,18). The van der Waals surface area contributed by atoms with Gasteiger partial charge in [0.2, 0.25) is 5.91 Å². The summed E-state index contributed by atoms with van der Waals surface area (Å²) < 4.78 is 13.8. The van der Waals surface area contributed by atoms with Gasteiger partial charge in [-0.05, 0) is 31.4 Å². The Labute approximate surface area is 116 Å². The molecule has 0 aliphatic carbocycles. The van der Waals surface area contributed by atoms with E-state index in [1.807, 2.05) is 17.5 Å². The second-order valence-corrected chi connectivity index (χ2v) is 5.94. The van der Waals surface area contributed by atoms with Crippen LogP contribution in [0.25, 0.3) is 0 Å². The fraction of sp³-hybridized carbons (Fsp3) is 0.267. The molecule has 0 fully saturated rings. The van der Waals surface area contributed by atoms with Crippen molar-refractivity contribution < 1.29 is 9.18 Å². The highest BCUT2D eigenvalue weighted by molar-refractivity contribution is 7.10. The van der Waals surface area contributed by atoms with Crippen molar-refractivity contribution in [2.24, 2.45) is 0 Å². The van der Waals surface area contributed by atoms with Gasteiger partial charge in [0.15, 0.2) is 0 Å². The third-order valence-corrected chi connectivity index (χ3v) is 3.79. The van der Waals surface area contributed by atoms with Gasteiger partial charge in [0, 0.05) is 10.4 Å². The molecule has 0 bridgehead atoms. The molecule has 0 radical (unpaired) electrons. The molecule has 0 aliphatic rings. The van der Waals surface area contributed by atoms with Gasteiger partial charge in [0.25, 0.3) is 0 Å². The van der Waals surface area contributed by atoms with Crippen LogP contribution in [-0.4, -0.2) is 5.91 Å². The van der Waals surface area contributed by atoms with E-state index < -0.39 is 5.54 Å². The minimum absolute atomic E-state index is 0.101. The molecule has 19 heavy (non-hydrogen) atoms. The Morgan fingerprint density at radius 1 is 1.26 bits per heavy atom. The number of rotatable bonds is 4. The summed E-state index contributed by atoms with van der Waals surface area (Å²) in [5.74, 6) is -0.403. The molecule has 2 nitrogen and oxygen atoms in total. The Bertz CT molecular complexity index is 563. The predicted molar refractivity (Wildman–Crippen MR) is 75.6 cm³/mol. The van der Waals surface area contributed by atoms with Gasteiger partial charge in [-0.2, -0.15) is 0 Å². The van der Waals surface area contributed by atoms with Crippen LogP contribution in [0.3, 0.4) is 0 Å². The summed E-state index contributed by atoms with van der Waals surface area (Å²) in [5.41, 5.74) is -0.228. The zero-order valence-electron chi connectivity index (χ0n) is 10.9. The van der Waals surface area contributed by atoms with Gasteiger partial charge in [0.05, 0.1) is 12.0 Å². The maximum absolute atomic E-state index is 13.8. The van der Waals surface area contributed by atoms with Gasteiger partial charge in [-0.25, -0.2) is 4.39 Å². The molecule has 1 heterocycles. The van der Waals surface area contributed by atoms with Crippen molar-refractivity contribution in [3.63, 3.8) is 0 Å². The average molecular weight is 277 g/mol. The molecule has 1 aromatic carbocycles. The first-order valence-electron chi connectivity index (χ1n) is 6.07. The molecule has 4 heteroatoms. The summed E-state index contributed by atoms with van der Waals surface area (Å²) in [7, 11) is 0. The molecule has 1 N–H and O–H groups in total. The van der Waals surface area contributed by atoms with Gasteiger partial charge in [0.1, 0.15) is 5.82 Å². The lowest BCUT2D eigenvalue weighted by atomic mass is 9.93. The summed E-state index contributed by atoms with van der Waals surface area (Å²) in [6.07, 6.45) is 0.329. The molecule has 0 unspecified atom stereocenters. The van der Waals surface area contributed by atoms with E-state index >= 15 is 0 Å². The summed E-state index contributed by atoms with van der Waals surface area (Å²) in [5, 5.41) is 4.81. The topological polar surface area (TPSA) is 29.1 Å². The van der Waals surface area contributed by atoms with Crippen LogP contribution in [0.4, 0.5) is 4.39 Å². The van der Waals surface area contributed by atoms with Gasteiger partial charge in [-0.15, -0.1) is 11.3 Å². The molecule has 2 rings (SSSR count). The second kappa shape index (κ2) is 5.53. The molecule has 0 saturated heterocycles. The molecule has 0 spiro atoms. The molecule has 0 saturated carbocycles. The van der Waals surface area contributed by atoms with E-state index in [0.29, 0.717) is 12.0 Å². The third-order valence-electron chi connectivity index (χ3n) is 2.91. The van der Waals surface area contributed by atoms with E-state index in [2.05, 4.69) is 5.32 Å². The van der Waals surface area contributed by atoms with E-state index in [9.17, 15) is 9.18 Å². The van der Waals surface area contributed by atoms with Crippen molar-refractivity contribution in [3.8, 4) is 0 Å². The van der Waals surface area contributed by atoms with Gasteiger partial charge >= 0.3 is 0 Å². The number of nitrogens with one attached hydrogen (secondary N) is 1. The van der Waals surface area contributed by atoms with E-state index in [0.717, 1.165) is 4.88 Å². The number of carbonyl (C=O) groups excluding carboxylic acids is 1. The SMILES string of the molecule is CC(C)(NC(=O)Cc1cccs1)c1ccccc1F. The normalized spacial score (nSPS) is 11.3. The molecular formula is C15H16FNOS. The van der Waals surface area contributed by atoms with Crippen molar-refractivity contribution >= 4 is 17.2 Å². The van der Waals surface area contributed by atoms with E-state index in [1.54, 1.807) is 43.4 Å². The zero-order chi connectivity index (χ0) is 13.9. The van der Waals surface area contributed by atoms with Crippen molar-refractivity contribution in [1.29, 1.82) is 0 Å². The second-order valence-electron chi connectivity index (χ2n) is 4.91. The molecule has 2 aromatic rings. The smallest absolute Gasteiger partial charge is 0.225 e. The Kier molecular flexibility index (Phi) is 4.00. The summed E-state index contributed by atoms with van der Waals surface area (Å²) >= 11 is 1.54. The van der Waals surface area contributed by atoms with E-state index in [1.165, 1.54) is 6.07 Å². The Balaban J connectivity index is 2.09. The van der Waals surface area contributed by atoms with Crippen LogP contribution in [0.5, 0.6) is 0 Å². The lowest BCUT2D eigenvalue weighted by Gasteiger charge is -2.27. The Hall–Kier alpha value is -1.68. The first-order chi connectivity index (χ1) is 8.99. The van der Waals surface area contributed by atoms with Crippen LogP contribution < -0.4 is 5.32 Å². The van der Waals surface area contributed by atoms with Gasteiger partial charge in [-0.1, -0.05) is 24.3 Å². The van der Waals surface area contributed by atoms with Crippen LogP contribution in [0.15, 0.2) is 41.8 Å². The van der Waals surface area contributed by atoms with E-state index in [-0.39, 0.29) is 11.7 Å². The third kappa shape index (κ3) is 3.41. The quantitative estimate of drug-likeness (QED) is 0.910. The number of halogens is 1. The van der Waals surface area contributed by atoms with Crippen molar-refractivity contribution in [2.75, 3.05) is 0 Å². The predicted octanol–water partition coefficient (Wildman–Crippen LogP) is 3.48. The summed E-state index contributed by atoms with van der Waals surface area (Å²) in [4.78, 5) is 13.0. The number of carbonyl (C=O) groups is 1. The fourth-order valence-corrected chi connectivity index (χ4v) is 2.70. The van der Waals surface area contributed by atoms with Crippen molar-refractivity contribution in [3.05, 3.63) is 58.0 Å². The van der Waals surface area contributed by atoms with Crippen LogP contribution >= 0.6 is 11.3 Å². The van der Waals surface area contributed by atoms with Gasteiger partial charge < -0.3 is 5.32 Å². The number of benzene rings is 1. The van der Waals surface area contributed by atoms with Crippen molar-refractivity contribution in [2.45, 2.75) is 25.8 Å². The highest BCUT2D eigenvalue weighted by Crippen LogP contribution is 2.23.